The van der Waals surface area contributed by atoms with Gasteiger partial charge in [-0.2, -0.15) is 0 Å². The second-order valence-corrected chi connectivity index (χ2v) is 5.45. The molecular weight excluding hydrogens is 214 g/mol. The lowest BCUT2D eigenvalue weighted by Gasteiger charge is -2.44. The van der Waals surface area contributed by atoms with Crippen LogP contribution < -0.4 is 0 Å². The second kappa shape index (κ2) is 6.39. The smallest absolute Gasteiger partial charge is 0.324 e. The third-order valence-electron chi connectivity index (χ3n) is 4.27. The van der Waals surface area contributed by atoms with Crippen molar-refractivity contribution in [1.82, 2.24) is 4.90 Å². The van der Waals surface area contributed by atoms with Gasteiger partial charge >= 0.3 is 5.97 Å². The molecule has 1 saturated carbocycles. The fourth-order valence-corrected chi connectivity index (χ4v) is 2.93. The molecule has 0 radical (unpaired) electrons. The highest BCUT2D eigenvalue weighted by molar-refractivity contribution is 5.79. The summed E-state index contributed by atoms with van der Waals surface area (Å²) in [5.41, 5.74) is -0.573. The number of hydrogen-bond donors (Lipinski definition) is 1. The highest BCUT2D eigenvalue weighted by atomic mass is 16.4. The number of nitrogens with zero attached hydrogens (tertiary/aromatic N) is 1. The lowest BCUT2D eigenvalue weighted by Crippen LogP contribution is -2.56. The highest BCUT2D eigenvalue weighted by Gasteiger charge is 2.45. The molecule has 3 heteroatoms. The largest absolute Gasteiger partial charge is 0.480 e. The maximum Gasteiger partial charge on any atom is 0.324 e. The molecule has 3 nitrogen and oxygen atoms in total. The molecule has 0 aromatic carbocycles. The van der Waals surface area contributed by atoms with Crippen LogP contribution in [0.5, 0.6) is 0 Å². The molecule has 0 bridgehead atoms. The molecule has 0 aliphatic heterocycles. The normalized spacial score (nSPS) is 29.5. The Labute approximate surface area is 105 Å². The average molecular weight is 241 g/mol. The van der Waals surface area contributed by atoms with Crippen LogP contribution in [0.25, 0.3) is 0 Å². The molecule has 0 spiro atoms. The van der Waals surface area contributed by atoms with Crippen molar-refractivity contribution >= 4 is 5.97 Å². The van der Waals surface area contributed by atoms with Crippen LogP contribution in [-0.2, 0) is 4.79 Å². The van der Waals surface area contributed by atoms with Crippen molar-refractivity contribution < 1.29 is 9.90 Å². The molecule has 0 amide bonds. The molecule has 1 aliphatic rings. The van der Waals surface area contributed by atoms with E-state index < -0.39 is 11.5 Å². The molecule has 17 heavy (non-hydrogen) atoms. The molecule has 1 fully saturated rings. The van der Waals surface area contributed by atoms with Crippen LogP contribution in [-0.4, -0.2) is 34.6 Å². The maximum absolute atomic E-state index is 11.7. The first-order chi connectivity index (χ1) is 8.06. The summed E-state index contributed by atoms with van der Waals surface area (Å²) in [4.78, 5) is 13.9. The lowest BCUT2D eigenvalue weighted by molar-refractivity contribution is -0.155. The van der Waals surface area contributed by atoms with Crippen LogP contribution in [0, 0.1) is 5.92 Å². The Balaban J connectivity index is 2.78. The van der Waals surface area contributed by atoms with Gasteiger partial charge in [0.15, 0.2) is 0 Å². The Kier molecular flexibility index (Phi) is 5.44. The Morgan fingerprint density at radius 1 is 1.35 bits per heavy atom. The summed E-state index contributed by atoms with van der Waals surface area (Å²) >= 11 is 0. The zero-order valence-corrected chi connectivity index (χ0v) is 11.5. The van der Waals surface area contributed by atoms with Crippen molar-refractivity contribution in [2.75, 3.05) is 13.1 Å². The Bertz CT molecular complexity index is 245. The van der Waals surface area contributed by atoms with Crippen molar-refractivity contribution in [3.05, 3.63) is 0 Å². The lowest BCUT2D eigenvalue weighted by atomic mass is 9.76. The molecule has 1 rings (SSSR count). The minimum Gasteiger partial charge on any atom is -0.480 e. The zero-order valence-electron chi connectivity index (χ0n) is 11.5. The third kappa shape index (κ3) is 3.21. The van der Waals surface area contributed by atoms with Crippen molar-refractivity contribution in [3.63, 3.8) is 0 Å². The molecule has 0 atom stereocenters. The Hall–Kier alpha value is -0.570. The first-order valence-electron chi connectivity index (χ1n) is 7.05. The summed E-state index contributed by atoms with van der Waals surface area (Å²) in [6.07, 6.45) is 5.97. The van der Waals surface area contributed by atoms with Crippen LogP contribution >= 0.6 is 0 Å². The molecule has 0 saturated heterocycles. The van der Waals surface area contributed by atoms with Crippen molar-refractivity contribution in [3.8, 4) is 0 Å². The summed E-state index contributed by atoms with van der Waals surface area (Å²) in [7, 11) is 0. The van der Waals surface area contributed by atoms with E-state index in [0.29, 0.717) is 5.92 Å². The topological polar surface area (TPSA) is 40.5 Å². The van der Waals surface area contributed by atoms with E-state index in [0.717, 1.165) is 51.6 Å². The van der Waals surface area contributed by atoms with Gasteiger partial charge in [-0.3, -0.25) is 9.69 Å². The minimum absolute atomic E-state index is 0.573. The highest BCUT2D eigenvalue weighted by Crippen LogP contribution is 2.36. The van der Waals surface area contributed by atoms with Crippen LogP contribution in [0.1, 0.15) is 59.3 Å². The minimum atomic E-state index is -0.609. The van der Waals surface area contributed by atoms with Crippen molar-refractivity contribution in [2.24, 2.45) is 5.92 Å². The van der Waals surface area contributed by atoms with Gasteiger partial charge in [0.1, 0.15) is 5.54 Å². The third-order valence-corrected chi connectivity index (χ3v) is 4.27. The fraction of sp³-hybridized carbons (Fsp3) is 0.929. The van der Waals surface area contributed by atoms with Crippen LogP contribution in [0.2, 0.25) is 0 Å². The first kappa shape index (κ1) is 14.5. The van der Waals surface area contributed by atoms with Gasteiger partial charge in [-0.25, -0.2) is 0 Å². The number of carboxylic acid groups (broad SMARTS) is 1. The zero-order chi connectivity index (χ0) is 12.9. The van der Waals surface area contributed by atoms with Crippen molar-refractivity contribution in [1.29, 1.82) is 0 Å². The number of rotatable bonds is 6. The quantitative estimate of drug-likeness (QED) is 0.776. The molecule has 100 valence electrons. The van der Waals surface area contributed by atoms with Gasteiger partial charge in [0.25, 0.3) is 0 Å². The number of hydrogen-bond acceptors (Lipinski definition) is 2. The van der Waals surface area contributed by atoms with Gasteiger partial charge in [-0.05, 0) is 51.1 Å². The summed E-state index contributed by atoms with van der Waals surface area (Å²) in [5, 5.41) is 9.63. The van der Waals surface area contributed by atoms with Gasteiger partial charge in [-0.1, -0.05) is 27.2 Å². The SMILES string of the molecule is CCCCN(CC)C1(C(=O)O)CCC(C)CC1. The summed E-state index contributed by atoms with van der Waals surface area (Å²) in [6.45, 7) is 8.24. The predicted molar refractivity (Wildman–Crippen MR) is 70.2 cm³/mol. The van der Waals surface area contributed by atoms with Gasteiger partial charge in [-0.15, -0.1) is 0 Å². The average Bonchev–Trinajstić information content (AvgIpc) is 2.32. The van der Waals surface area contributed by atoms with E-state index >= 15 is 0 Å². The summed E-state index contributed by atoms with van der Waals surface area (Å²) in [6, 6.07) is 0. The van der Waals surface area contributed by atoms with E-state index in [1.54, 1.807) is 0 Å². The Morgan fingerprint density at radius 3 is 2.35 bits per heavy atom. The number of unbranched alkanes of at least 4 members (excludes halogenated alkanes) is 1. The fourth-order valence-electron chi connectivity index (χ4n) is 2.93. The van der Waals surface area contributed by atoms with E-state index in [2.05, 4.69) is 25.7 Å². The first-order valence-corrected chi connectivity index (χ1v) is 7.05. The van der Waals surface area contributed by atoms with Crippen molar-refractivity contribution in [2.45, 2.75) is 64.8 Å². The molecule has 1 aliphatic carbocycles. The van der Waals surface area contributed by atoms with Gasteiger partial charge in [0.2, 0.25) is 0 Å². The number of carbonyl (C=O) groups is 1. The standard InChI is InChI=1S/C14H27NO2/c1-4-6-11-15(5-2)14(13(16)17)9-7-12(3)8-10-14/h12H,4-11H2,1-3H3,(H,16,17). The van der Waals surface area contributed by atoms with Gasteiger partial charge in [0, 0.05) is 0 Å². The van der Waals surface area contributed by atoms with Gasteiger partial charge in [0.05, 0.1) is 0 Å². The maximum atomic E-state index is 11.7. The van der Waals surface area contributed by atoms with E-state index in [9.17, 15) is 9.90 Å². The summed E-state index contributed by atoms with van der Waals surface area (Å²) in [5.74, 6) is 0.0784. The molecule has 0 heterocycles. The molecule has 0 aromatic rings. The summed E-state index contributed by atoms with van der Waals surface area (Å²) < 4.78 is 0. The van der Waals surface area contributed by atoms with E-state index in [1.165, 1.54) is 0 Å². The number of carboxylic acids is 1. The monoisotopic (exact) mass is 241 g/mol. The Morgan fingerprint density at radius 2 is 1.94 bits per heavy atom. The number of aliphatic carboxylic acids is 1. The van der Waals surface area contributed by atoms with E-state index in [1.807, 2.05) is 0 Å². The van der Waals surface area contributed by atoms with Gasteiger partial charge < -0.3 is 5.11 Å². The van der Waals surface area contributed by atoms with E-state index in [4.69, 9.17) is 0 Å². The molecule has 0 unspecified atom stereocenters. The molecular formula is C14H27NO2. The second-order valence-electron chi connectivity index (χ2n) is 5.45. The van der Waals surface area contributed by atoms with Crippen LogP contribution in [0.15, 0.2) is 0 Å². The predicted octanol–water partition coefficient (Wildman–Crippen LogP) is 3.14. The van der Waals surface area contributed by atoms with E-state index in [-0.39, 0.29) is 0 Å². The van der Waals surface area contributed by atoms with Crippen LogP contribution in [0.3, 0.4) is 0 Å². The molecule has 1 N–H and O–H groups in total. The van der Waals surface area contributed by atoms with Crippen LogP contribution in [0.4, 0.5) is 0 Å². The number of likely N-dealkylation sites (N-methyl/N-ethyl adjacent to an activating group) is 1. The molecule has 0 aromatic heterocycles.